The minimum Gasteiger partial charge on any atom is -0.479 e. The molecule has 1 fully saturated rings. The quantitative estimate of drug-likeness (QED) is 0.508. The highest BCUT2D eigenvalue weighted by molar-refractivity contribution is 7.88. The lowest BCUT2D eigenvalue weighted by Gasteiger charge is -2.30. The van der Waals surface area contributed by atoms with E-state index in [-0.39, 0.29) is 24.3 Å². The van der Waals surface area contributed by atoms with E-state index in [0.717, 1.165) is 33.7 Å². The number of hydroxylamine groups is 2. The molecule has 2 aliphatic heterocycles. The molecule has 0 saturated carbocycles. The second-order valence-electron chi connectivity index (χ2n) is 7.05. The molecule has 1 saturated heterocycles. The molecule has 9 nitrogen and oxygen atoms in total. The van der Waals surface area contributed by atoms with Gasteiger partial charge in [-0.05, 0) is 28.8 Å². The summed E-state index contributed by atoms with van der Waals surface area (Å²) in [5.41, 5.74) is -4.69. The molecule has 2 aliphatic rings. The van der Waals surface area contributed by atoms with Crippen LogP contribution in [0.2, 0.25) is 0 Å². The van der Waals surface area contributed by atoms with Crippen LogP contribution in [0.4, 0.5) is 18.0 Å². The maximum Gasteiger partial charge on any atom is 0.534 e. The standard InChI is InChI=1S/C19H15F3N2O7S/c20-19(21,22)32(28,29)31-12-6-7-13-14(8-12)15-9-23(16(13)17(25)26)18(27)24(15)30-10-11-4-2-1-3-5-11/h1-8,15-16H,9-10H2,(H,25,26)/t15-,16-/m1/s1. The number of aliphatic carboxylic acids is 1. The van der Waals surface area contributed by atoms with Crippen molar-refractivity contribution in [3.63, 3.8) is 0 Å². The van der Waals surface area contributed by atoms with Crippen molar-refractivity contribution in [2.24, 2.45) is 0 Å². The van der Waals surface area contributed by atoms with E-state index < -0.39 is 45.5 Å². The van der Waals surface area contributed by atoms with E-state index in [2.05, 4.69) is 4.18 Å². The summed E-state index contributed by atoms with van der Waals surface area (Å²) in [6, 6.07) is 8.76. The summed E-state index contributed by atoms with van der Waals surface area (Å²) in [6.45, 7) is -0.143. The lowest BCUT2D eigenvalue weighted by Crippen LogP contribution is -2.38. The molecule has 13 heteroatoms. The van der Waals surface area contributed by atoms with Crippen LogP contribution in [0.5, 0.6) is 5.75 Å². The Morgan fingerprint density at radius 2 is 1.81 bits per heavy atom. The van der Waals surface area contributed by atoms with E-state index in [4.69, 9.17) is 4.84 Å². The Balaban J connectivity index is 1.69. The monoisotopic (exact) mass is 472 g/mol. The number of carboxylic acid groups (broad SMARTS) is 1. The van der Waals surface area contributed by atoms with E-state index in [9.17, 15) is 36.3 Å². The van der Waals surface area contributed by atoms with Crippen LogP contribution in [0.15, 0.2) is 48.5 Å². The molecular formula is C19H15F3N2O7S. The predicted molar refractivity (Wildman–Crippen MR) is 100 cm³/mol. The van der Waals surface area contributed by atoms with Gasteiger partial charge in [0.1, 0.15) is 18.4 Å². The minimum atomic E-state index is -5.93. The molecule has 2 heterocycles. The highest BCUT2D eigenvalue weighted by atomic mass is 32.2. The summed E-state index contributed by atoms with van der Waals surface area (Å²) in [5, 5.41) is 10.6. The fourth-order valence-electron chi connectivity index (χ4n) is 3.65. The highest BCUT2D eigenvalue weighted by Gasteiger charge is 2.52. The van der Waals surface area contributed by atoms with Crippen molar-refractivity contribution in [2.75, 3.05) is 6.54 Å². The summed E-state index contributed by atoms with van der Waals surface area (Å²) in [5.74, 6) is -2.03. The highest BCUT2D eigenvalue weighted by Crippen LogP contribution is 2.45. The van der Waals surface area contributed by atoms with Gasteiger partial charge in [-0.25, -0.2) is 9.59 Å². The van der Waals surface area contributed by atoms with Gasteiger partial charge in [0.05, 0.1) is 6.54 Å². The smallest absolute Gasteiger partial charge is 0.479 e. The maximum atomic E-state index is 12.8. The molecule has 32 heavy (non-hydrogen) atoms. The molecule has 2 aromatic carbocycles. The largest absolute Gasteiger partial charge is 0.534 e. The van der Waals surface area contributed by atoms with E-state index in [1.807, 2.05) is 0 Å². The van der Waals surface area contributed by atoms with Gasteiger partial charge in [0, 0.05) is 0 Å². The first-order valence-electron chi connectivity index (χ1n) is 9.13. The summed E-state index contributed by atoms with van der Waals surface area (Å²) in [4.78, 5) is 31.3. The van der Waals surface area contributed by atoms with E-state index in [1.54, 1.807) is 30.3 Å². The zero-order valence-electron chi connectivity index (χ0n) is 16.0. The van der Waals surface area contributed by atoms with Crippen LogP contribution in [0.3, 0.4) is 0 Å². The first kappa shape index (κ1) is 21.9. The van der Waals surface area contributed by atoms with Crippen LogP contribution < -0.4 is 4.18 Å². The van der Waals surface area contributed by atoms with Crippen LogP contribution in [-0.4, -0.2) is 47.5 Å². The van der Waals surface area contributed by atoms with Crippen LogP contribution in [0, 0.1) is 0 Å². The number of amides is 2. The first-order valence-corrected chi connectivity index (χ1v) is 10.5. The van der Waals surface area contributed by atoms with Crippen LogP contribution >= 0.6 is 0 Å². The van der Waals surface area contributed by atoms with Crippen molar-refractivity contribution < 1.29 is 45.3 Å². The molecule has 0 aromatic heterocycles. The number of carbonyl (C=O) groups is 2. The van der Waals surface area contributed by atoms with Crippen molar-refractivity contribution in [3.8, 4) is 5.75 Å². The van der Waals surface area contributed by atoms with Crippen molar-refractivity contribution in [1.82, 2.24) is 9.96 Å². The third-order valence-electron chi connectivity index (χ3n) is 5.05. The summed E-state index contributed by atoms with van der Waals surface area (Å²) >= 11 is 0. The average molecular weight is 472 g/mol. The Morgan fingerprint density at radius 1 is 1.12 bits per heavy atom. The number of hydrogen-bond acceptors (Lipinski definition) is 6. The summed E-state index contributed by atoms with van der Waals surface area (Å²) < 4.78 is 64.9. The minimum absolute atomic E-state index is 0.0252. The molecule has 170 valence electrons. The second-order valence-corrected chi connectivity index (χ2v) is 8.59. The van der Waals surface area contributed by atoms with Gasteiger partial charge in [-0.2, -0.15) is 26.7 Å². The molecule has 0 spiro atoms. The van der Waals surface area contributed by atoms with Gasteiger partial charge < -0.3 is 14.2 Å². The summed E-state index contributed by atoms with van der Waals surface area (Å²) in [6.07, 6.45) is 0. The fraction of sp³-hybridized carbons (Fsp3) is 0.263. The lowest BCUT2D eigenvalue weighted by molar-refractivity contribution is -0.143. The molecule has 1 N–H and O–H groups in total. The Hall–Kier alpha value is -3.32. The zero-order valence-corrected chi connectivity index (χ0v) is 16.8. The zero-order chi connectivity index (χ0) is 23.3. The number of rotatable bonds is 6. The number of halogens is 3. The van der Waals surface area contributed by atoms with Crippen molar-refractivity contribution in [1.29, 1.82) is 0 Å². The van der Waals surface area contributed by atoms with Crippen molar-refractivity contribution >= 4 is 22.1 Å². The molecule has 2 aromatic rings. The SMILES string of the molecule is O=C(O)[C@H]1c2ccc(OS(=O)(=O)C(F)(F)F)cc2[C@H]2CN1C(=O)N2OCc1ccccc1. The number of fused-ring (bicyclic) bond motifs is 4. The first-order chi connectivity index (χ1) is 15.0. The molecule has 0 radical (unpaired) electrons. The average Bonchev–Trinajstić information content (AvgIpc) is 2.99. The topological polar surface area (TPSA) is 113 Å². The van der Waals surface area contributed by atoms with Crippen LogP contribution in [-0.2, 0) is 26.4 Å². The number of carbonyl (C=O) groups excluding carboxylic acids is 1. The van der Waals surface area contributed by atoms with Gasteiger partial charge in [-0.15, -0.1) is 0 Å². The third kappa shape index (κ3) is 3.73. The number of hydrogen-bond donors (Lipinski definition) is 1. The summed E-state index contributed by atoms with van der Waals surface area (Å²) in [7, 11) is -5.93. The Bertz CT molecular complexity index is 1170. The Labute approximate surface area is 179 Å². The van der Waals surface area contributed by atoms with Crippen molar-refractivity contribution in [3.05, 3.63) is 65.2 Å². The van der Waals surface area contributed by atoms with Crippen molar-refractivity contribution in [2.45, 2.75) is 24.2 Å². The van der Waals surface area contributed by atoms with Gasteiger partial charge in [-0.3, -0.25) is 4.84 Å². The third-order valence-corrected chi connectivity index (χ3v) is 6.03. The van der Waals surface area contributed by atoms with Gasteiger partial charge in [0.15, 0.2) is 6.04 Å². The normalized spacial score (nSPS) is 20.3. The molecule has 0 aliphatic carbocycles. The number of alkyl halides is 3. The Morgan fingerprint density at radius 3 is 2.44 bits per heavy atom. The second kappa shape index (κ2) is 7.67. The van der Waals surface area contributed by atoms with E-state index >= 15 is 0 Å². The van der Waals surface area contributed by atoms with E-state index in [1.165, 1.54) is 0 Å². The molecule has 4 rings (SSSR count). The van der Waals surface area contributed by atoms with Crippen LogP contribution in [0.1, 0.15) is 28.8 Å². The number of nitrogens with zero attached hydrogens (tertiary/aromatic N) is 2. The Kier molecular flexibility index (Phi) is 5.25. The number of urea groups is 1. The number of carboxylic acids is 1. The molecule has 2 bridgehead atoms. The molecule has 2 atom stereocenters. The lowest BCUT2D eigenvalue weighted by atomic mass is 9.91. The predicted octanol–water partition coefficient (Wildman–Crippen LogP) is 2.96. The van der Waals surface area contributed by atoms with Gasteiger partial charge in [0.25, 0.3) is 0 Å². The van der Waals surface area contributed by atoms with Gasteiger partial charge >= 0.3 is 27.6 Å². The van der Waals surface area contributed by atoms with E-state index in [0.29, 0.717) is 0 Å². The molecule has 0 unspecified atom stereocenters. The molecular weight excluding hydrogens is 457 g/mol. The van der Waals surface area contributed by atoms with Crippen LogP contribution in [0.25, 0.3) is 0 Å². The number of benzene rings is 2. The maximum absolute atomic E-state index is 12.8. The molecule has 2 amide bonds. The fourth-order valence-corrected chi connectivity index (χ4v) is 4.10. The van der Waals surface area contributed by atoms with Gasteiger partial charge in [0.2, 0.25) is 0 Å². The van der Waals surface area contributed by atoms with Gasteiger partial charge in [-0.1, -0.05) is 36.4 Å².